The van der Waals surface area contributed by atoms with Crippen LogP contribution in [-0.4, -0.2) is 16.9 Å². The van der Waals surface area contributed by atoms with E-state index >= 15 is 0 Å². The van der Waals surface area contributed by atoms with Gasteiger partial charge in [0.25, 0.3) is 0 Å². The van der Waals surface area contributed by atoms with Crippen LogP contribution in [0.2, 0.25) is 0 Å². The summed E-state index contributed by atoms with van der Waals surface area (Å²) in [5.41, 5.74) is 0.319. The van der Waals surface area contributed by atoms with Crippen molar-refractivity contribution in [2.45, 2.75) is 26.2 Å². The fourth-order valence-electron chi connectivity index (χ4n) is 3.28. The number of carbonyl (C=O) groups excluding carboxylic acids is 2. The third-order valence-corrected chi connectivity index (χ3v) is 4.31. The van der Waals surface area contributed by atoms with Gasteiger partial charge in [-0.25, -0.2) is 4.90 Å². The van der Waals surface area contributed by atoms with Crippen molar-refractivity contribution < 1.29 is 14.7 Å². The Balaban J connectivity index is 1.98. The highest BCUT2D eigenvalue weighted by Crippen LogP contribution is 2.43. The molecule has 2 fully saturated rings. The highest BCUT2D eigenvalue weighted by atomic mass is 16.3. The zero-order chi connectivity index (χ0) is 13.6. The topological polar surface area (TPSA) is 57.6 Å². The number of imide groups is 1. The number of para-hydroxylation sites is 2. The van der Waals surface area contributed by atoms with Crippen LogP contribution in [0.1, 0.15) is 26.2 Å². The molecule has 1 aromatic rings. The minimum absolute atomic E-state index is 0.0177. The lowest BCUT2D eigenvalue weighted by Gasteiger charge is -2.25. The summed E-state index contributed by atoms with van der Waals surface area (Å²) < 4.78 is 0. The van der Waals surface area contributed by atoms with E-state index in [-0.39, 0.29) is 29.4 Å². The van der Waals surface area contributed by atoms with Crippen LogP contribution in [-0.2, 0) is 9.59 Å². The van der Waals surface area contributed by atoms with Crippen LogP contribution < -0.4 is 4.90 Å². The number of rotatable bonds is 1. The zero-order valence-corrected chi connectivity index (χ0v) is 10.9. The van der Waals surface area contributed by atoms with Crippen LogP contribution >= 0.6 is 0 Å². The van der Waals surface area contributed by atoms with Gasteiger partial charge >= 0.3 is 0 Å². The van der Waals surface area contributed by atoms with Crippen LogP contribution in [0.4, 0.5) is 5.69 Å². The molecule has 4 nitrogen and oxygen atoms in total. The molecule has 2 aliphatic rings. The summed E-state index contributed by atoms with van der Waals surface area (Å²) in [6, 6.07) is 6.52. The van der Waals surface area contributed by atoms with Gasteiger partial charge in [0, 0.05) is 0 Å². The fourth-order valence-corrected chi connectivity index (χ4v) is 3.28. The van der Waals surface area contributed by atoms with E-state index in [0.717, 1.165) is 19.3 Å². The van der Waals surface area contributed by atoms with Gasteiger partial charge in [0.05, 0.1) is 17.5 Å². The number of amides is 2. The number of hydrogen-bond donors (Lipinski definition) is 1. The van der Waals surface area contributed by atoms with E-state index in [1.54, 1.807) is 18.2 Å². The van der Waals surface area contributed by atoms with Crippen LogP contribution in [0.3, 0.4) is 0 Å². The average molecular weight is 259 g/mol. The number of hydrogen-bond acceptors (Lipinski definition) is 3. The molecule has 1 aromatic carbocycles. The minimum Gasteiger partial charge on any atom is -0.506 e. The van der Waals surface area contributed by atoms with Crippen LogP contribution in [0.15, 0.2) is 24.3 Å². The Labute approximate surface area is 112 Å². The van der Waals surface area contributed by atoms with E-state index in [1.165, 1.54) is 11.0 Å². The Kier molecular flexibility index (Phi) is 2.81. The van der Waals surface area contributed by atoms with Gasteiger partial charge in [-0.05, 0) is 37.3 Å². The predicted molar refractivity (Wildman–Crippen MR) is 70.6 cm³/mol. The van der Waals surface area contributed by atoms with Crippen molar-refractivity contribution in [1.29, 1.82) is 0 Å². The molecule has 1 N–H and O–H groups in total. The molecule has 3 atom stereocenters. The highest BCUT2D eigenvalue weighted by molar-refractivity contribution is 6.22. The molecular weight excluding hydrogens is 242 g/mol. The standard InChI is InChI=1S/C15H17NO3/c1-9-6-7-10-11(8-9)15(19)16(14(10)18)12-4-2-3-5-13(12)17/h2-5,9-11,17H,6-8H2,1H3/t9-,10-,11+/m0/s1. The molecule has 0 aromatic heterocycles. The molecule has 19 heavy (non-hydrogen) atoms. The van der Waals surface area contributed by atoms with E-state index in [1.807, 2.05) is 0 Å². The number of anilines is 1. The second kappa shape index (κ2) is 4.37. The molecule has 100 valence electrons. The first-order valence-corrected chi connectivity index (χ1v) is 6.75. The summed E-state index contributed by atoms with van der Waals surface area (Å²) in [4.78, 5) is 26.0. The van der Waals surface area contributed by atoms with E-state index in [2.05, 4.69) is 6.92 Å². The Morgan fingerprint density at radius 1 is 1.11 bits per heavy atom. The predicted octanol–water partition coefficient (Wildman–Crippen LogP) is 2.32. The number of carbonyl (C=O) groups is 2. The molecule has 0 spiro atoms. The molecule has 2 amide bonds. The smallest absolute Gasteiger partial charge is 0.237 e. The Morgan fingerprint density at radius 2 is 1.79 bits per heavy atom. The van der Waals surface area contributed by atoms with Gasteiger partial charge in [0.15, 0.2) is 0 Å². The lowest BCUT2D eigenvalue weighted by molar-refractivity contribution is -0.122. The first-order valence-electron chi connectivity index (χ1n) is 6.75. The van der Waals surface area contributed by atoms with E-state index < -0.39 is 0 Å². The van der Waals surface area contributed by atoms with Crippen LogP contribution in [0.5, 0.6) is 5.75 Å². The lowest BCUT2D eigenvalue weighted by atomic mass is 9.76. The van der Waals surface area contributed by atoms with Gasteiger partial charge in [-0.1, -0.05) is 19.1 Å². The number of nitrogens with zero attached hydrogens (tertiary/aromatic N) is 1. The van der Waals surface area contributed by atoms with Crippen molar-refractivity contribution >= 4 is 17.5 Å². The first-order chi connectivity index (χ1) is 9.09. The second-order valence-electron chi connectivity index (χ2n) is 5.63. The Hall–Kier alpha value is -1.84. The van der Waals surface area contributed by atoms with Gasteiger partial charge in [-0.2, -0.15) is 0 Å². The number of aromatic hydroxyl groups is 1. The van der Waals surface area contributed by atoms with Gasteiger partial charge in [0.1, 0.15) is 5.75 Å². The monoisotopic (exact) mass is 259 g/mol. The Bertz CT molecular complexity index is 540. The van der Waals surface area contributed by atoms with Gasteiger partial charge in [0.2, 0.25) is 11.8 Å². The number of benzene rings is 1. The molecule has 1 heterocycles. The quantitative estimate of drug-likeness (QED) is 0.787. The molecule has 1 saturated carbocycles. The first kappa shape index (κ1) is 12.2. The molecule has 1 aliphatic carbocycles. The van der Waals surface area contributed by atoms with Crippen LogP contribution in [0.25, 0.3) is 0 Å². The molecule has 1 aliphatic heterocycles. The van der Waals surface area contributed by atoms with E-state index in [4.69, 9.17) is 0 Å². The number of phenolic OH excluding ortho intramolecular Hbond substituents is 1. The molecule has 4 heteroatoms. The number of phenols is 1. The third kappa shape index (κ3) is 1.82. The van der Waals surface area contributed by atoms with E-state index in [0.29, 0.717) is 11.6 Å². The molecule has 3 rings (SSSR count). The second-order valence-corrected chi connectivity index (χ2v) is 5.63. The van der Waals surface area contributed by atoms with Crippen molar-refractivity contribution in [2.24, 2.45) is 17.8 Å². The van der Waals surface area contributed by atoms with Gasteiger partial charge in [-0.15, -0.1) is 0 Å². The zero-order valence-electron chi connectivity index (χ0n) is 10.9. The summed E-state index contributed by atoms with van der Waals surface area (Å²) in [6.45, 7) is 2.12. The maximum Gasteiger partial charge on any atom is 0.237 e. The largest absolute Gasteiger partial charge is 0.506 e. The molecule has 0 unspecified atom stereocenters. The van der Waals surface area contributed by atoms with Crippen molar-refractivity contribution in [3.05, 3.63) is 24.3 Å². The Morgan fingerprint density at radius 3 is 2.53 bits per heavy atom. The molecular formula is C15H17NO3. The summed E-state index contributed by atoms with van der Waals surface area (Å²) in [5.74, 6) is -0.219. The SMILES string of the molecule is C[C@H]1CC[C@@H]2C(=O)N(c3ccccc3O)C(=O)[C@@H]2C1. The normalized spacial score (nSPS) is 30.6. The van der Waals surface area contributed by atoms with E-state index in [9.17, 15) is 14.7 Å². The van der Waals surface area contributed by atoms with Crippen molar-refractivity contribution in [1.82, 2.24) is 0 Å². The van der Waals surface area contributed by atoms with Crippen molar-refractivity contribution in [3.63, 3.8) is 0 Å². The van der Waals surface area contributed by atoms with Crippen LogP contribution in [0, 0.1) is 17.8 Å². The summed E-state index contributed by atoms with van der Waals surface area (Å²) in [7, 11) is 0. The highest BCUT2D eigenvalue weighted by Gasteiger charge is 2.50. The number of fused-ring (bicyclic) bond motifs is 1. The summed E-state index contributed by atoms with van der Waals surface area (Å²) in [6.07, 6.45) is 2.55. The molecule has 0 radical (unpaired) electrons. The lowest BCUT2D eigenvalue weighted by Crippen LogP contribution is -2.30. The minimum atomic E-state index is -0.198. The maximum atomic E-state index is 12.4. The van der Waals surface area contributed by atoms with Gasteiger partial charge in [-0.3, -0.25) is 9.59 Å². The molecule has 0 bridgehead atoms. The summed E-state index contributed by atoms with van der Waals surface area (Å²) in [5, 5.41) is 9.85. The molecule has 1 saturated heterocycles. The van der Waals surface area contributed by atoms with Crippen molar-refractivity contribution in [2.75, 3.05) is 4.90 Å². The maximum absolute atomic E-state index is 12.4. The van der Waals surface area contributed by atoms with Gasteiger partial charge < -0.3 is 5.11 Å². The van der Waals surface area contributed by atoms with Crippen molar-refractivity contribution in [3.8, 4) is 5.75 Å². The average Bonchev–Trinajstić information content (AvgIpc) is 2.63. The fraction of sp³-hybridized carbons (Fsp3) is 0.467. The summed E-state index contributed by atoms with van der Waals surface area (Å²) >= 11 is 0. The third-order valence-electron chi connectivity index (χ3n) is 4.31.